The van der Waals surface area contributed by atoms with Crippen LogP contribution in [-0.2, 0) is 5.41 Å². The van der Waals surface area contributed by atoms with Gasteiger partial charge in [0.15, 0.2) is 0 Å². The van der Waals surface area contributed by atoms with Crippen LogP contribution < -0.4 is 4.74 Å². The first kappa shape index (κ1) is 13.6. The van der Waals surface area contributed by atoms with E-state index in [-0.39, 0.29) is 11.2 Å². The largest absolute Gasteiger partial charge is 0.457 e. The van der Waals surface area contributed by atoms with Crippen molar-refractivity contribution in [1.29, 1.82) is 0 Å². The van der Waals surface area contributed by atoms with Crippen LogP contribution in [0.2, 0.25) is 0 Å². The number of rotatable bonds is 2. The molecule has 0 saturated carbocycles. The number of hydrogen-bond acceptors (Lipinski definition) is 1. The molecular weight excluding hydrogens is 239 g/mol. The molecule has 2 aromatic carbocycles. The van der Waals surface area contributed by atoms with Crippen LogP contribution >= 0.6 is 0 Å². The van der Waals surface area contributed by atoms with Crippen LogP contribution in [0, 0.1) is 12.7 Å². The van der Waals surface area contributed by atoms with E-state index in [9.17, 15) is 4.39 Å². The lowest BCUT2D eigenvalue weighted by Crippen LogP contribution is -2.10. The Morgan fingerprint density at radius 2 is 1.47 bits per heavy atom. The summed E-state index contributed by atoms with van der Waals surface area (Å²) in [5, 5.41) is 0. The van der Waals surface area contributed by atoms with Gasteiger partial charge in [0.25, 0.3) is 0 Å². The maximum Gasteiger partial charge on any atom is 0.127 e. The summed E-state index contributed by atoms with van der Waals surface area (Å²) in [5.41, 5.74) is 1.98. The van der Waals surface area contributed by atoms with E-state index < -0.39 is 0 Å². The molecule has 0 aromatic heterocycles. The summed E-state index contributed by atoms with van der Waals surface area (Å²) in [7, 11) is 0. The molecule has 0 radical (unpaired) electrons. The van der Waals surface area contributed by atoms with E-state index in [4.69, 9.17) is 4.74 Å². The van der Waals surface area contributed by atoms with Crippen molar-refractivity contribution in [2.45, 2.75) is 33.1 Å². The molecule has 0 saturated heterocycles. The minimum absolute atomic E-state index is 0.130. The molecule has 0 aliphatic heterocycles. The smallest absolute Gasteiger partial charge is 0.127 e. The minimum atomic E-state index is -0.213. The Morgan fingerprint density at radius 1 is 0.895 bits per heavy atom. The highest BCUT2D eigenvalue weighted by atomic mass is 19.1. The number of benzene rings is 2. The fraction of sp³-hybridized carbons (Fsp3) is 0.294. The molecule has 0 aliphatic carbocycles. The Hall–Kier alpha value is -1.83. The molecule has 0 spiro atoms. The van der Waals surface area contributed by atoms with Crippen molar-refractivity contribution in [1.82, 2.24) is 0 Å². The zero-order chi connectivity index (χ0) is 14.0. The molecule has 2 rings (SSSR count). The molecule has 100 valence electrons. The monoisotopic (exact) mass is 258 g/mol. The van der Waals surface area contributed by atoms with Gasteiger partial charge in [-0.3, -0.25) is 0 Å². The summed E-state index contributed by atoms with van der Waals surface area (Å²) in [6.45, 7) is 8.25. The van der Waals surface area contributed by atoms with E-state index >= 15 is 0 Å². The second kappa shape index (κ2) is 5.04. The summed E-state index contributed by atoms with van der Waals surface area (Å²) in [4.78, 5) is 0. The fourth-order valence-electron chi connectivity index (χ4n) is 1.84. The van der Waals surface area contributed by atoms with Crippen molar-refractivity contribution in [3.8, 4) is 11.5 Å². The molecule has 1 nitrogen and oxygen atoms in total. The Kier molecular flexibility index (Phi) is 3.61. The van der Waals surface area contributed by atoms with Crippen LogP contribution in [-0.4, -0.2) is 0 Å². The van der Waals surface area contributed by atoms with E-state index in [2.05, 4.69) is 32.9 Å². The van der Waals surface area contributed by atoms with Crippen molar-refractivity contribution in [3.05, 3.63) is 59.4 Å². The fourth-order valence-corrected chi connectivity index (χ4v) is 1.84. The molecule has 0 N–H and O–H groups in total. The van der Waals surface area contributed by atoms with Gasteiger partial charge in [-0.2, -0.15) is 0 Å². The van der Waals surface area contributed by atoms with E-state index in [0.717, 1.165) is 5.75 Å². The second-order valence-corrected chi connectivity index (χ2v) is 5.79. The van der Waals surface area contributed by atoms with Crippen molar-refractivity contribution in [3.63, 3.8) is 0 Å². The van der Waals surface area contributed by atoms with Crippen molar-refractivity contribution in [2.75, 3.05) is 0 Å². The van der Waals surface area contributed by atoms with Gasteiger partial charge in [0.2, 0.25) is 0 Å². The lowest BCUT2D eigenvalue weighted by Gasteiger charge is -2.19. The zero-order valence-electron chi connectivity index (χ0n) is 11.8. The minimum Gasteiger partial charge on any atom is -0.457 e. The molecule has 19 heavy (non-hydrogen) atoms. The summed E-state index contributed by atoms with van der Waals surface area (Å²) >= 11 is 0. The van der Waals surface area contributed by atoms with E-state index in [1.807, 2.05) is 12.1 Å². The predicted molar refractivity (Wildman–Crippen MR) is 76.4 cm³/mol. The number of hydrogen-bond donors (Lipinski definition) is 0. The molecule has 2 heteroatoms. The van der Waals surface area contributed by atoms with Crippen molar-refractivity contribution in [2.24, 2.45) is 0 Å². The lowest BCUT2D eigenvalue weighted by molar-refractivity contribution is 0.478. The van der Waals surface area contributed by atoms with Crippen LogP contribution in [0.3, 0.4) is 0 Å². The van der Waals surface area contributed by atoms with Crippen molar-refractivity contribution >= 4 is 0 Å². The average Bonchev–Trinajstić information content (AvgIpc) is 2.33. The predicted octanol–water partition coefficient (Wildman–Crippen LogP) is 5.22. The van der Waals surface area contributed by atoms with Gasteiger partial charge >= 0.3 is 0 Å². The highest BCUT2D eigenvalue weighted by Crippen LogP contribution is 2.27. The van der Waals surface area contributed by atoms with Gasteiger partial charge < -0.3 is 4.74 Å². The first-order valence-corrected chi connectivity index (χ1v) is 6.41. The Labute approximate surface area is 114 Å². The molecule has 0 fully saturated rings. The average molecular weight is 258 g/mol. The van der Waals surface area contributed by atoms with Gasteiger partial charge in [-0.1, -0.05) is 32.9 Å². The summed E-state index contributed by atoms with van der Waals surface area (Å²) in [6, 6.07) is 12.8. The first-order valence-electron chi connectivity index (χ1n) is 6.41. The Morgan fingerprint density at radius 3 is 2.00 bits per heavy atom. The lowest BCUT2D eigenvalue weighted by atomic mass is 9.87. The maximum atomic E-state index is 13.2. The molecule has 0 unspecified atom stereocenters. The van der Waals surface area contributed by atoms with Gasteiger partial charge in [0.1, 0.15) is 17.3 Å². The SMILES string of the molecule is Cc1cc(Oc2ccc(C(C)(C)C)cc2)ccc1F. The van der Waals surface area contributed by atoms with Crippen LogP contribution in [0.25, 0.3) is 0 Å². The highest BCUT2D eigenvalue weighted by Gasteiger charge is 2.13. The molecular formula is C17H19FO. The van der Waals surface area contributed by atoms with Gasteiger partial charge in [-0.25, -0.2) is 4.39 Å². The Balaban J connectivity index is 2.17. The summed E-state index contributed by atoms with van der Waals surface area (Å²) < 4.78 is 18.9. The van der Waals surface area contributed by atoms with Crippen molar-refractivity contribution < 1.29 is 9.13 Å². The summed E-state index contributed by atoms with van der Waals surface area (Å²) in [6.07, 6.45) is 0. The summed E-state index contributed by atoms with van der Waals surface area (Å²) in [5.74, 6) is 1.21. The topological polar surface area (TPSA) is 9.23 Å². The van der Waals surface area contributed by atoms with Crippen LogP contribution in [0.4, 0.5) is 4.39 Å². The third-order valence-corrected chi connectivity index (χ3v) is 3.09. The van der Waals surface area contributed by atoms with Crippen LogP contribution in [0.1, 0.15) is 31.9 Å². The zero-order valence-corrected chi connectivity index (χ0v) is 11.8. The molecule has 0 amide bonds. The quantitative estimate of drug-likeness (QED) is 0.717. The van der Waals surface area contributed by atoms with Gasteiger partial charge in [-0.05, 0) is 53.8 Å². The van der Waals surface area contributed by atoms with E-state index in [1.165, 1.54) is 11.6 Å². The molecule has 0 aliphatic rings. The molecule has 2 aromatic rings. The van der Waals surface area contributed by atoms with Gasteiger partial charge in [0, 0.05) is 0 Å². The Bertz CT molecular complexity index is 565. The third-order valence-electron chi connectivity index (χ3n) is 3.09. The normalized spacial score (nSPS) is 11.4. The van der Waals surface area contributed by atoms with Gasteiger partial charge in [0.05, 0.1) is 0 Å². The maximum absolute atomic E-state index is 13.2. The van der Waals surface area contributed by atoms with E-state index in [0.29, 0.717) is 11.3 Å². The molecule has 0 atom stereocenters. The van der Waals surface area contributed by atoms with Gasteiger partial charge in [-0.15, -0.1) is 0 Å². The number of aryl methyl sites for hydroxylation is 1. The number of halogens is 1. The van der Waals surface area contributed by atoms with Crippen LogP contribution in [0.15, 0.2) is 42.5 Å². The highest BCUT2D eigenvalue weighted by molar-refractivity contribution is 5.36. The second-order valence-electron chi connectivity index (χ2n) is 5.79. The molecule has 0 heterocycles. The standard InChI is InChI=1S/C17H19FO/c1-12-11-15(9-10-16(12)18)19-14-7-5-13(6-8-14)17(2,3)4/h5-11H,1-4H3. The third kappa shape index (κ3) is 3.34. The first-order chi connectivity index (χ1) is 8.86. The number of ether oxygens (including phenoxy) is 1. The van der Waals surface area contributed by atoms with E-state index in [1.54, 1.807) is 19.1 Å². The molecule has 0 bridgehead atoms. The van der Waals surface area contributed by atoms with Crippen LogP contribution in [0.5, 0.6) is 11.5 Å².